The van der Waals surface area contributed by atoms with E-state index in [4.69, 9.17) is 4.84 Å². The van der Waals surface area contributed by atoms with Crippen molar-refractivity contribution in [1.82, 2.24) is 5.06 Å². The maximum Gasteiger partial charge on any atom is 0.249 e. The van der Waals surface area contributed by atoms with E-state index in [0.29, 0.717) is 6.61 Å². The summed E-state index contributed by atoms with van der Waals surface area (Å²) >= 11 is 0. The van der Waals surface area contributed by atoms with Gasteiger partial charge in [0.15, 0.2) is 0 Å². The minimum absolute atomic E-state index is 0.0181. The van der Waals surface area contributed by atoms with Gasteiger partial charge < -0.3 is 0 Å². The molecule has 1 aromatic carbocycles. The first kappa shape index (κ1) is 12.1. The van der Waals surface area contributed by atoms with Crippen LogP contribution in [0.25, 0.3) is 0 Å². The SMILES string of the molecule is C[C@@H](Cc1ccccc1)C(=O)N1CCCCO1. The number of hydrogen-bond acceptors (Lipinski definition) is 2. The zero-order valence-corrected chi connectivity index (χ0v) is 10.3. The van der Waals surface area contributed by atoms with Crippen LogP contribution in [0.15, 0.2) is 30.3 Å². The molecule has 2 rings (SSSR count). The Bertz CT molecular complexity index is 358. The molecule has 92 valence electrons. The molecule has 0 spiro atoms. The van der Waals surface area contributed by atoms with Crippen LogP contribution in [0, 0.1) is 5.92 Å². The molecule has 1 amide bonds. The molecular weight excluding hydrogens is 214 g/mol. The summed E-state index contributed by atoms with van der Waals surface area (Å²) in [5.74, 6) is 0.0871. The molecule has 1 heterocycles. The fourth-order valence-corrected chi connectivity index (χ4v) is 2.07. The summed E-state index contributed by atoms with van der Waals surface area (Å²) in [6.45, 7) is 3.37. The Morgan fingerprint density at radius 1 is 1.35 bits per heavy atom. The standard InChI is InChI=1S/C14H19NO2/c1-12(11-13-7-3-2-4-8-13)14(16)15-9-5-6-10-17-15/h2-4,7-8,12H,5-6,9-11H2,1H3/t12-/m0/s1. The second kappa shape index (κ2) is 5.82. The first-order valence-electron chi connectivity index (χ1n) is 6.25. The number of carbonyl (C=O) groups excluding carboxylic acids is 1. The van der Waals surface area contributed by atoms with Gasteiger partial charge in [0.05, 0.1) is 6.61 Å². The molecule has 1 saturated heterocycles. The summed E-state index contributed by atoms with van der Waals surface area (Å²) in [6, 6.07) is 10.1. The highest BCUT2D eigenvalue weighted by molar-refractivity contribution is 5.77. The van der Waals surface area contributed by atoms with E-state index in [1.54, 1.807) is 0 Å². The lowest BCUT2D eigenvalue weighted by atomic mass is 10.0. The number of hydrogen-bond donors (Lipinski definition) is 0. The number of hydroxylamine groups is 2. The normalized spacial score (nSPS) is 17.8. The van der Waals surface area contributed by atoms with E-state index in [2.05, 4.69) is 12.1 Å². The second-order valence-electron chi connectivity index (χ2n) is 4.57. The third kappa shape index (κ3) is 3.30. The number of amides is 1. The molecule has 0 radical (unpaired) electrons. The van der Waals surface area contributed by atoms with Crippen molar-refractivity contribution in [2.75, 3.05) is 13.2 Å². The van der Waals surface area contributed by atoms with Crippen LogP contribution in [0.3, 0.4) is 0 Å². The van der Waals surface area contributed by atoms with Crippen molar-refractivity contribution in [2.24, 2.45) is 5.92 Å². The van der Waals surface area contributed by atoms with E-state index in [9.17, 15) is 4.79 Å². The van der Waals surface area contributed by atoms with E-state index < -0.39 is 0 Å². The Kier molecular flexibility index (Phi) is 4.15. The number of rotatable bonds is 3. The average Bonchev–Trinajstić information content (AvgIpc) is 2.40. The van der Waals surface area contributed by atoms with Crippen LogP contribution in [0.5, 0.6) is 0 Å². The highest BCUT2D eigenvalue weighted by atomic mass is 16.7. The molecule has 1 aromatic rings. The van der Waals surface area contributed by atoms with Gasteiger partial charge in [-0.1, -0.05) is 37.3 Å². The molecule has 0 aliphatic carbocycles. The quantitative estimate of drug-likeness (QED) is 0.802. The van der Waals surface area contributed by atoms with Crippen molar-refractivity contribution >= 4 is 5.91 Å². The smallest absolute Gasteiger partial charge is 0.249 e. The lowest BCUT2D eigenvalue weighted by molar-refractivity contribution is -0.200. The Balaban J connectivity index is 1.90. The Morgan fingerprint density at radius 3 is 2.76 bits per heavy atom. The largest absolute Gasteiger partial charge is 0.272 e. The average molecular weight is 233 g/mol. The van der Waals surface area contributed by atoms with Crippen molar-refractivity contribution in [3.8, 4) is 0 Å². The maximum absolute atomic E-state index is 12.1. The van der Waals surface area contributed by atoms with Gasteiger partial charge in [0.25, 0.3) is 0 Å². The van der Waals surface area contributed by atoms with Crippen LogP contribution in [0.2, 0.25) is 0 Å². The lowest BCUT2D eigenvalue weighted by Crippen LogP contribution is -2.39. The Labute approximate surface area is 102 Å². The van der Waals surface area contributed by atoms with Crippen molar-refractivity contribution in [2.45, 2.75) is 26.2 Å². The first-order chi connectivity index (χ1) is 8.27. The van der Waals surface area contributed by atoms with Crippen LogP contribution < -0.4 is 0 Å². The summed E-state index contributed by atoms with van der Waals surface area (Å²) < 4.78 is 0. The van der Waals surface area contributed by atoms with Gasteiger partial charge in [0.1, 0.15) is 0 Å². The third-order valence-electron chi connectivity index (χ3n) is 3.05. The fraction of sp³-hybridized carbons (Fsp3) is 0.500. The van der Waals surface area contributed by atoms with Crippen LogP contribution in [0.4, 0.5) is 0 Å². The highest BCUT2D eigenvalue weighted by Gasteiger charge is 2.23. The van der Waals surface area contributed by atoms with Gasteiger partial charge in [-0.3, -0.25) is 9.63 Å². The van der Waals surface area contributed by atoms with Gasteiger partial charge in [0, 0.05) is 12.5 Å². The first-order valence-corrected chi connectivity index (χ1v) is 6.25. The van der Waals surface area contributed by atoms with Crippen LogP contribution in [0.1, 0.15) is 25.3 Å². The van der Waals surface area contributed by atoms with Gasteiger partial charge in [-0.25, -0.2) is 5.06 Å². The van der Waals surface area contributed by atoms with Crippen LogP contribution in [-0.4, -0.2) is 24.1 Å². The third-order valence-corrected chi connectivity index (χ3v) is 3.05. The zero-order chi connectivity index (χ0) is 12.1. The van der Waals surface area contributed by atoms with Gasteiger partial charge >= 0.3 is 0 Å². The van der Waals surface area contributed by atoms with E-state index in [-0.39, 0.29) is 11.8 Å². The minimum atomic E-state index is -0.0181. The molecule has 0 unspecified atom stereocenters. The van der Waals surface area contributed by atoms with E-state index in [1.165, 1.54) is 10.6 Å². The van der Waals surface area contributed by atoms with Crippen molar-refractivity contribution in [3.05, 3.63) is 35.9 Å². The van der Waals surface area contributed by atoms with E-state index in [0.717, 1.165) is 25.8 Å². The molecule has 1 atom stereocenters. The molecule has 0 N–H and O–H groups in total. The van der Waals surface area contributed by atoms with E-state index in [1.807, 2.05) is 25.1 Å². The summed E-state index contributed by atoms with van der Waals surface area (Å²) in [7, 11) is 0. The summed E-state index contributed by atoms with van der Waals surface area (Å²) in [5.41, 5.74) is 1.20. The van der Waals surface area contributed by atoms with Crippen molar-refractivity contribution in [1.29, 1.82) is 0 Å². The lowest BCUT2D eigenvalue weighted by Gasteiger charge is -2.28. The fourth-order valence-electron chi connectivity index (χ4n) is 2.07. The van der Waals surface area contributed by atoms with Gasteiger partial charge in [-0.05, 0) is 24.8 Å². The molecule has 3 heteroatoms. The molecular formula is C14H19NO2. The van der Waals surface area contributed by atoms with Gasteiger partial charge in [-0.2, -0.15) is 0 Å². The molecule has 17 heavy (non-hydrogen) atoms. The molecule has 1 aliphatic heterocycles. The molecule has 0 saturated carbocycles. The molecule has 1 aliphatic rings. The van der Waals surface area contributed by atoms with Gasteiger partial charge in [0.2, 0.25) is 5.91 Å². The molecule has 1 fully saturated rings. The Morgan fingerprint density at radius 2 is 2.12 bits per heavy atom. The van der Waals surface area contributed by atoms with Crippen molar-refractivity contribution < 1.29 is 9.63 Å². The zero-order valence-electron chi connectivity index (χ0n) is 10.3. The minimum Gasteiger partial charge on any atom is -0.272 e. The summed E-state index contributed by atoms with van der Waals surface area (Å²) in [6.07, 6.45) is 2.88. The second-order valence-corrected chi connectivity index (χ2v) is 4.57. The molecule has 3 nitrogen and oxygen atoms in total. The summed E-state index contributed by atoms with van der Waals surface area (Å²) in [4.78, 5) is 17.5. The summed E-state index contributed by atoms with van der Waals surface area (Å²) in [5, 5.41) is 1.54. The van der Waals surface area contributed by atoms with Gasteiger partial charge in [-0.15, -0.1) is 0 Å². The highest BCUT2D eigenvalue weighted by Crippen LogP contribution is 2.14. The molecule has 0 bridgehead atoms. The predicted octanol–water partition coefficient (Wildman–Crippen LogP) is 2.42. The number of carbonyl (C=O) groups is 1. The number of benzene rings is 1. The van der Waals surface area contributed by atoms with Crippen LogP contribution in [-0.2, 0) is 16.1 Å². The number of nitrogens with zero attached hydrogens (tertiary/aromatic N) is 1. The monoisotopic (exact) mass is 233 g/mol. The molecule has 0 aromatic heterocycles. The van der Waals surface area contributed by atoms with Crippen molar-refractivity contribution in [3.63, 3.8) is 0 Å². The maximum atomic E-state index is 12.1. The topological polar surface area (TPSA) is 29.5 Å². The van der Waals surface area contributed by atoms with E-state index >= 15 is 0 Å². The van der Waals surface area contributed by atoms with Crippen LogP contribution >= 0.6 is 0 Å². The Hall–Kier alpha value is -1.35. The predicted molar refractivity (Wildman–Crippen MR) is 66.2 cm³/mol.